The van der Waals surface area contributed by atoms with Crippen LogP contribution in [0.15, 0.2) is 60.7 Å². The molecule has 0 bridgehead atoms. The van der Waals surface area contributed by atoms with Crippen LogP contribution in [-0.4, -0.2) is 39.9 Å². The quantitative estimate of drug-likeness (QED) is 0.466. The van der Waals surface area contributed by atoms with Crippen LogP contribution < -0.4 is 4.72 Å². The molecule has 2 aromatic carbocycles. The second kappa shape index (κ2) is 9.16. The first-order valence-corrected chi connectivity index (χ1v) is 15.1. The molecule has 7 nitrogen and oxygen atoms in total. The molecule has 1 fully saturated rings. The zero-order valence-electron chi connectivity index (χ0n) is 18.5. The molecule has 10 heteroatoms. The molecule has 0 amide bonds. The predicted molar refractivity (Wildman–Crippen MR) is 135 cm³/mol. The molecule has 0 aliphatic carbocycles. The van der Waals surface area contributed by atoms with E-state index in [2.05, 4.69) is 4.72 Å². The van der Waals surface area contributed by atoms with Crippen molar-refractivity contribution in [2.75, 3.05) is 16.7 Å². The maximum absolute atomic E-state index is 13.0. The van der Waals surface area contributed by atoms with Gasteiger partial charge in [-0.3, -0.25) is 9.52 Å². The molecule has 34 heavy (non-hydrogen) atoms. The van der Waals surface area contributed by atoms with E-state index < -0.39 is 37.0 Å². The first kappa shape index (κ1) is 24.4. The van der Waals surface area contributed by atoms with Crippen LogP contribution in [0, 0.1) is 0 Å². The Bertz CT molecular complexity index is 1410. The highest BCUT2D eigenvalue weighted by molar-refractivity contribution is 7.92. The first-order valence-electron chi connectivity index (χ1n) is 10.7. The standard InChI is InChI=1S/C24H25NO6S3/c1-33(28,29)25-20-10-8-18(9-11-20)17-4-6-19(7-5-17)21-12-13-22(32-21)24(16-23(26)27)14-2-3-15-34(24,30)31/h4-13,25H,2-3,14-16H2,1H3,(H,26,27)/t24-/m0/s1. The Balaban J connectivity index is 1.60. The molecule has 2 N–H and O–H groups in total. The Hall–Kier alpha value is -2.69. The van der Waals surface area contributed by atoms with Crippen molar-refractivity contribution in [2.24, 2.45) is 0 Å². The fraction of sp³-hybridized carbons (Fsp3) is 0.292. The lowest BCUT2D eigenvalue weighted by Gasteiger charge is -2.34. The summed E-state index contributed by atoms with van der Waals surface area (Å²) in [5.74, 6) is -1.09. The monoisotopic (exact) mass is 519 g/mol. The van der Waals surface area contributed by atoms with Crippen molar-refractivity contribution in [2.45, 2.75) is 30.4 Å². The van der Waals surface area contributed by atoms with E-state index >= 15 is 0 Å². The number of nitrogens with one attached hydrogen (secondary N) is 1. The molecule has 0 unspecified atom stereocenters. The van der Waals surface area contributed by atoms with Gasteiger partial charge >= 0.3 is 5.97 Å². The summed E-state index contributed by atoms with van der Waals surface area (Å²) in [6.07, 6.45) is 2.26. The van der Waals surface area contributed by atoms with Gasteiger partial charge < -0.3 is 5.11 Å². The summed E-state index contributed by atoms with van der Waals surface area (Å²) < 4.78 is 49.8. The Morgan fingerprint density at radius 1 is 0.971 bits per heavy atom. The lowest BCUT2D eigenvalue weighted by atomic mass is 9.95. The lowest BCUT2D eigenvalue weighted by Crippen LogP contribution is -2.41. The minimum Gasteiger partial charge on any atom is -0.481 e. The second-order valence-corrected chi connectivity index (χ2v) is 13.8. The van der Waals surface area contributed by atoms with Crippen molar-refractivity contribution >= 4 is 42.9 Å². The normalized spacial score (nSPS) is 20.0. The predicted octanol–water partition coefficient (Wildman–Crippen LogP) is 4.72. The average molecular weight is 520 g/mol. The van der Waals surface area contributed by atoms with E-state index in [1.807, 2.05) is 42.5 Å². The van der Waals surface area contributed by atoms with Crippen LogP contribution in [0.25, 0.3) is 21.6 Å². The maximum atomic E-state index is 13.0. The largest absolute Gasteiger partial charge is 0.481 e. The Morgan fingerprint density at radius 3 is 2.12 bits per heavy atom. The van der Waals surface area contributed by atoms with E-state index in [1.165, 1.54) is 11.3 Å². The van der Waals surface area contributed by atoms with Crippen LogP contribution >= 0.6 is 11.3 Å². The zero-order chi connectivity index (χ0) is 24.6. The number of carbonyl (C=O) groups is 1. The average Bonchev–Trinajstić information content (AvgIpc) is 3.25. The molecule has 2 heterocycles. The van der Waals surface area contributed by atoms with E-state index in [-0.39, 0.29) is 5.75 Å². The molecule has 3 aromatic rings. The van der Waals surface area contributed by atoms with Gasteiger partial charge in [0.2, 0.25) is 10.0 Å². The number of carboxylic acid groups (broad SMARTS) is 1. The molecule has 1 aliphatic rings. The van der Waals surface area contributed by atoms with Gasteiger partial charge in [-0.2, -0.15) is 0 Å². The van der Waals surface area contributed by atoms with Gasteiger partial charge in [-0.15, -0.1) is 11.3 Å². The Morgan fingerprint density at radius 2 is 1.56 bits per heavy atom. The minimum absolute atomic E-state index is 0.0146. The molecule has 180 valence electrons. The van der Waals surface area contributed by atoms with Gasteiger partial charge in [0.1, 0.15) is 4.75 Å². The second-order valence-electron chi connectivity index (χ2n) is 8.53. The Kier molecular flexibility index (Phi) is 6.58. The third kappa shape index (κ3) is 5.03. The molecular weight excluding hydrogens is 494 g/mol. The third-order valence-corrected chi connectivity index (χ3v) is 10.7. The number of hydrogen-bond acceptors (Lipinski definition) is 6. The van der Waals surface area contributed by atoms with Crippen molar-refractivity contribution in [3.63, 3.8) is 0 Å². The number of sulfonamides is 1. The lowest BCUT2D eigenvalue weighted by molar-refractivity contribution is -0.137. The molecule has 0 spiro atoms. The van der Waals surface area contributed by atoms with Crippen LogP contribution in [0.3, 0.4) is 0 Å². The van der Waals surface area contributed by atoms with Crippen molar-refractivity contribution < 1.29 is 26.7 Å². The molecule has 1 aromatic heterocycles. The van der Waals surface area contributed by atoms with Gasteiger partial charge in [0, 0.05) is 15.4 Å². The van der Waals surface area contributed by atoms with Crippen LogP contribution in [-0.2, 0) is 29.4 Å². The number of thiophene rings is 1. The number of benzene rings is 2. The number of sulfone groups is 1. The number of carboxylic acids is 1. The summed E-state index contributed by atoms with van der Waals surface area (Å²) in [4.78, 5) is 13.0. The summed E-state index contributed by atoms with van der Waals surface area (Å²) in [6, 6.07) is 18.4. The Labute approximate surface area is 203 Å². The number of anilines is 1. The molecule has 0 radical (unpaired) electrons. The highest BCUT2D eigenvalue weighted by atomic mass is 32.2. The molecule has 1 saturated heterocycles. The van der Waals surface area contributed by atoms with Gasteiger partial charge in [-0.1, -0.05) is 42.8 Å². The van der Waals surface area contributed by atoms with Crippen molar-refractivity contribution in [1.82, 2.24) is 0 Å². The van der Waals surface area contributed by atoms with Gasteiger partial charge in [0.25, 0.3) is 0 Å². The molecule has 1 aliphatic heterocycles. The molecule has 4 rings (SSSR count). The van der Waals surface area contributed by atoms with E-state index in [0.717, 1.165) is 27.8 Å². The summed E-state index contributed by atoms with van der Waals surface area (Å²) in [7, 11) is -6.91. The smallest absolute Gasteiger partial charge is 0.305 e. The summed E-state index contributed by atoms with van der Waals surface area (Å²) >= 11 is 1.34. The zero-order valence-corrected chi connectivity index (χ0v) is 21.0. The SMILES string of the molecule is CS(=O)(=O)Nc1ccc(-c2ccc(-c3ccc([C@@]4(CC(=O)O)CCCCS4(=O)=O)s3)cc2)cc1. The van der Waals surface area contributed by atoms with Crippen LogP contribution in [0.1, 0.15) is 30.6 Å². The van der Waals surface area contributed by atoms with Gasteiger partial charge in [-0.05, 0) is 53.8 Å². The molecule has 1 atom stereocenters. The van der Waals surface area contributed by atoms with Crippen LogP contribution in [0.5, 0.6) is 0 Å². The van der Waals surface area contributed by atoms with E-state index in [0.29, 0.717) is 29.8 Å². The highest BCUT2D eigenvalue weighted by Crippen LogP contribution is 2.47. The summed E-state index contributed by atoms with van der Waals surface area (Å²) in [5.41, 5.74) is 3.27. The van der Waals surface area contributed by atoms with Crippen LogP contribution in [0.2, 0.25) is 0 Å². The van der Waals surface area contributed by atoms with Crippen molar-refractivity contribution in [3.8, 4) is 21.6 Å². The van der Waals surface area contributed by atoms with E-state index in [4.69, 9.17) is 0 Å². The number of hydrogen-bond donors (Lipinski definition) is 2. The fourth-order valence-electron chi connectivity index (χ4n) is 4.37. The van der Waals surface area contributed by atoms with Gasteiger partial charge in [-0.25, -0.2) is 16.8 Å². The third-order valence-electron chi connectivity index (χ3n) is 6.02. The van der Waals surface area contributed by atoms with Gasteiger partial charge in [0.15, 0.2) is 9.84 Å². The fourth-order valence-corrected chi connectivity index (χ4v) is 8.71. The summed E-state index contributed by atoms with van der Waals surface area (Å²) in [6.45, 7) is 0. The van der Waals surface area contributed by atoms with Gasteiger partial charge in [0.05, 0.1) is 18.4 Å². The maximum Gasteiger partial charge on any atom is 0.305 e. The highest BCUT2D eigenvalue weighted by Gasteiger charge is 2.49. The van der Waals surface area contributed by atoms with Crippen molar-refractivity contribution in [3.05, 3.63) is 65.5 Å². The first-order chi connectivity index (χ1) is 16.0. The molecular formula is C24H25NO6S3. The topological polar surface area (TPSA) is 118 Å². The van der Waals surface area contributed by atoms with Crippen LogP contribution in [0.4, 0.5) is 5.69 Å². The van der Waals surface area contributed by atoms with E-state index in [9.17, 15) is 26.7 Å². The minimum atomic E-state index is -3.57. The van der Waals surface area contributed by atoms with Crippen molar-refractivity contribution in [1.29, 1.82) is 0 Å². The molecule has 0 saturated carbocycles. The number of rotatable bonds is 7. The summed E-state index contributed by atoms with van der Waals surface area (Å²) in [5, 5.41) is 9.47. The number of aliphatic carboxylic acids is 1. The van der Waals surface area contributed by atoms with E-state index in [1.54, 1.807) is 18.2 Å².